The van der Waals surface area contributed by atoms with Gasteiger partial charge in [-0.05, 0) is 70.7 Å². The number of H-pyrrole nitrogens is 1. The van der Waals surface area contributed by atoms with Gasteiger partial charge in [-0.2, -0.15) is 0 Å². The van der Waals surface area contributed by atoms with Gasteiger partial charge in [0.1, 0.15) is 0 Å². The van der Waals surface area contributed by atoms with Gasteiger partial charge < -0.3 is 20.1 Å². The molecule has 0 atom stereocenters. The van der Waals surface area contributed by atoms with Crippen molar-refractivity contribution in [3.05, 3.63) is 51.3 Å². The van der Waals surface area contributed by atoms with Crippen LogP contribution in [-0.2, 0) is 4.79 Å². The molecular weight excluding hydrogens is 388 g/mol. The Hall–Kier alpha value is -2.57. The van der Waals surface area contributed by atoms with Crippen molar-refractivity contribution in [3.8, 4) is 0 Å². The molecule has 0 saturated heterocycles. The van der Waals surface area contributed by atoms with E-state index in [4.69, 9.17) is 11.6 Å². The average molecular weight is 415 g/mol. The summed E-state index contributed by atoms with van der Waals surface area (Å²) < 4.78 is 0. The summed E-state index contributed by atoms with van der Waals surface area (Å²) in [5.74, 6) is -0.193. The molecule has 2 heterocycles. The first kappa shape index (κ1) is 21.1. The third-order valence-corrected chi connectivity index (χ3v) is 5.46. The van der Waals surface area contributed by atoms with Crippen LogP contribution in [0.1, 0.15) is 39.3 Å². The maximum absolute atomic E-state index is 13.3. The Kier molecular flexibility index (Phi) is 6.15. The van der Waals surface area contributed by atoms with Gasteiger partial charge in [0.2, 0.25) is 0 Å². The van der Waals surface area contributed by atoms with E-state index < -0.39 is 0 Å². The lowest BCUT2D eigenvalue weighted by molar-refractivity contribution is -0.113. The number of benzene rings is 1. The van der Waals surface area contributed by atoms with Crippen LogP contribution in [0.3, 0.4) is 0 Å². The predicted molar refractivity (Wildman–Crippen MR) is 119 cm³/mol. The van der Waals surface area contributed by atoms with Crippen LogP contribution in [0, 0.1) is 13.8 Å². The van der Waals surface area contributed by atoms with Crippen molar-refractivity contribution >= 4 is 40.8 Å². The van der Waals surface area contributed by atoms with Crippen LogP contribution in [0.2, 0.25) is 5.02 Å². The molecule has 2 N–H and O–H groups in total. The van der Waals surface area contributed by atoms with E-state index >= 15 is 0 Å². The summed E-state index contributed by atoms with van der Waals surface area (Å²) in [5.41, 5.74) is 5.23. The van der Waals surface area contributed by atoms with Gasteiger partial charge in [-0.1, -0.05) is 11.6 Å². The van der Waals surface area contributed by atoms with Gasteiger partial charge >= 0.3 is 0 Å². The molecule has 0 unspecified atom stereocenters. The van der Waals surface area contributed by atoms with Crippen molar-refractivity contribution in [2.45, 2.75) is 20.3 Å². The van der Waals surface area contributed by atoms with Crippen molar-refractivity contribution in [3.63, 3.8) is 0 Å². The minimum absolute atomic E-state index is 0.0471. The lowest BCUT2D eigenvalue weighted by Crippen LogP contribution is -2.29. The average Bonchev–Trinajstić information content (AvgIpc) is 3.08. The first-order chi connectivity index (χ1) is 13.7. The van der Waals surface area contributed by atoms with Gasteiger partial charge in [0.25, 0.3) is 11.8 Å². The van der Waals surface area contributed by atoms with E-state index in [0.29, 0.717) is 22.7 Å². The number of nitrogens with one attached hydrogen (secondary N) is 2. The van der Waals surface area contributed by atoms with Gasteiger partial charge in [0.05, 0.1) is 16.8 Å². The minimum atomic E-state index is -0.146. The number of hydrogen-bond acceptors (Lipinski definition) is 3. The van der Waals surface area contributed by atoms with Gasteiger partial charge in [0, 0.05) is 35.6 Å². The lowest BCUT2D eigenvalue weighted by atomic mass is 10.0. The monoisotopic (exact) mass is 414 g/mol. The summed E-state index contributed by atoms with van der Waals surface area (Å²) >= 11 is 6.23. The van der Waals surface area contributed by atoms with Crippen LogP contribution in [0.4, 0.5) is 5.69 Å². The number of nitrogens with zero attached hydrogens (tertiary/aromatic N) is 2. The Morgan fingerprint density at radius 2 is 2.03 bits per heavy atom. The summed E-state index contributed by atoms with van der Waals surface area (Å²) in [6, 6.07) is 5.54. The van der Waals surface area contributed by atoms with E-state index in [0.717, 1.165) is 41.2 Å². The maximum Gasteiger partial charge on any atom is 0.259 e. The molecule has 1 aromatic heterocycles. The van der Waals surface area contributed by atoms with Gasteiger partial charge in [-0.3, -0.25) is 9.59 Å². The van der Waals surface area contributed by atoms with Gasteiger partial charge in [-0.15, -0.1) is 0 Å². The van der Waals surface area contributed by atoms with E-state index in [1.54, 1.807) is 7.05 Å². The standard InChI is InChI=1S/C22H27ClN4O2/c1-13-18(25-14(2)20(13)21(28)24-3)12-17-16-11-15(23)7-8-19(16)27(22(17)29)10-6-9-26(4)5/h7-8,11-12,25H,6,9-10H2,1-5H3,(H,24,28). The summed E-state index contributed by atoms with van der Waals surface area (Å²) in [6.45, 7) is 5.27. The van der Waals surface area contributed by atoms with E-state index in [9.17, 15) is 9.59 Å². The Balaban J connectivity index is 2.03. The largest absolute Gasteiger partial charge is 0.358 e. The number of halogens is 1. The number of anilines is 1. The highest BCUT2D eigenvalue weighted by Crippen LogP contribution is 2.39. The molecule has 2 aromatic rings. The van der Waals surface area contributed by atoms with E-state index in [1.165, 1.54) is 0 Å². The van der Waals surface area contributed by atoms with Crippen molar-refractivity contribution in [1.82, 2.24) is 15.2 Å². The zero-order valence-electron chi connectivity index (χ0n) is 17.5. The van der Waals surface area contributed by atoms with Crippen molar-refractivity contribution < 1.29 is 9.59 Å². The number of hydrogen-bond donors (Lipinski definition) is 2. The molecular formula is C22H27ClN4O2. The molecule has 1 aliphatic heterocycles. The SMILES string of the molecule is CNC(=O)c1c(C)[nH]c(C=C2C(=O)N(CCCN(C)C)c3ccc(Cl)cc32)c1C. The number of aryl methyl sites for hydroxylation is 1. The Bertz CT molecular complexity index is 991. The summed E-state index contributed by atoms with van der Waals surface area (Å²) in [4.78, 5) is 32.6. The second kappa shape index (κ2) is 8.43. The fourth-order valence-corrected chi connectivity index (χ4v) is 3.94. The molecule has 0 fully saturated rings. The number of carbonyl (C=O) groups is 2. The van der Waals surface area contributed by atoms with E-state index in [2.05, 4.69) is 15.2 Å². The zero-order valence-corrected chi connectivity index (χ0v) is 18.3. The van der Waals surface area contributed by atoms with E-state index in [-0.39, 0.29) is 11.8 Å². The number of rotatable bonds is 6. The highest BCUT2D eigenvalue weighted by atomic mass is 35.5. The molecule has 154 valence electrons. The van der Waals surface area contributed by atoms with Crippen molar-refractivity contribution in [1.29, 1.82) is 0 Å². The summed E-state index contributed by atoms with van der Waals surface area (Å²) in [6.07, 6.45) is 2.70. The molecule has 0 aliphatic carbocycles. The van der Waals surface area contributed by atoms with Gasteiger partial charge in [-0.25, -0.2) is 0 Å². The first-order valence-corrected chi connectivity index (χ1v) is 10.0. The topological polar surface area (TPSA) is 68.4 Å². The quantitative estimate of drug-likeness (QED) is 0.711. The third-order valence-electron chi connectivity index (χ3n) is 5.22. The Morgan fingerprint density at radius 1 is 1.31 bits per heavy atom. The molecule has 1 aliphatic rings. The highest BCUT2D eigenvalue weighted by molar-refractivity contribution is 6.37. The van der Waals surface area contributed by atoms with Crippen LogP contribution >= 0.6 is 11.6 Å². The molecule has 2 amide bonds. The van der Waals surface area contributed by atoms with Crippen LogP contribution in [0.5, 0.6) is 0 Å². The fourth-order valence-electron chi connectivity index (χ4n) is 3.76. The molecule has 1 aromatic carbocycles. The fraction of sp³-hybridized carbons (Fsp3) is 0.364. The molecule has 0 spiro atoms. The molecule has 7 heteroatoms. The number of fused-ring (bicyclic) bond motifs is 1. The lowest BCUT2D eigenvalue weighted by Gasteiger charge is -2.18. The third kappa shape index (κ3) is 4.09. The van der Waals surface area contributed by atoms with Crippen LogP contribution in [0.25, 0.3) is 11.6 Å². The summed E-state index contributed by atoms with van der Waals surface area (Å²) in [7, 11) is 5.65. The minimum Gasteiger partial charge on any atom is -0.358 e. The zero-order chi connectivity index (χ0) is 21.3. The molecule has 6 nitrogen and oxygen atoms in total. The normalized spacial score (nSPS) is 14.8. The first-order valence-electron chi connectivity index (χ1n) is 9.64. The van der Waals surface area contributed by atoms with Crippen LogP contribution in [0.15, 0.2) is 18.2 Å². The van der Waals surface area contributed by atoms with Gasteiger partial charge in [0.15, 0.2) is 0 Å². The summed E-state index contributed by atoms with van der Waals surface area (Å²) in [5, 5.41) is 3.25. The molecule has 0 bridgehead atoms. The second-order valence-corrected chi connectivity index (χ2v) is 8.01. The van der Waals surface area contributed by atoms with Crippen molar-refractivity contribution in [2.24, 2.45) is 0 Å². The van der Waals surface area contributed by atoms with Crippen LogP contribution < -0.4 is 10.2 Å². The molecule has 29 heavy (non-hydrogen) atoms. The number of aromatic nitrogens is 1. The predicted octanol–water partition coefficient (Wildman–Crippen LogP) is 3.48. The van der Waals surface area contributed by atoms with E-state index in [1.807, 2.05) is 57.1 Å². The molecule has 0 saturated carbocycles. The Morgan fingerprint density at radius 3 is 2.69 bits per heavy atom. The molecule has 3 rings (SSSR count). The molecule has 0 radical (unpaired) electrons. The number of carbonyl (C=O) groups excluding carboxylic acids is 2. The van der Waals surface area contributed by atoms with Crippen molar-refractivity contribution in [2.75, 3.05) is 39.1 Å². The Labute approximate surface area is 176 Å². The van der Waals surface area contributed by atoms with Crippen LogP contribution in [-0.4, -0.2) is 55.9 Å². The highest BCUT2D eigenvalue weighted by Gasteiger charge is 2.32. The second-order valence-electron chi connectivity index (χ2n) is 7.58. The maximum atomic E-state index is 13.3. The number of aromatic amines is 1. The number of amides is 2. The smallest absolute Gasteiger partial charge is 0.259 e.